The number of thiophene rings is 1. The first-order valence-electron chi connectivity index (χ1n) is 7.66. The fourth-order valence-corrected chi connectivity index (χ4v) is 3.81. The summed E-state index contributed by atoms with van der Waals surface area (Å²) in [7, 11) is 1.64. The fraction of sp³-hybridized carbons (Fsp3) is 0.111. The molecule has 4 aromatic rings. The minimum atomic E-state index is 0.449. The molecule has 0 atom stereocenters. The monoisotopic (exact) mass is 405 g/mol. The molecule has 0 fully saturated rings. The van der Waals surface area contributed by atoms with Gasteiger partial charge in [-0.05, 0) is 37.3 Å². The van der Waals surface area contributed by atoms with E-state index >= 15 is 0 Å². The Hall–Kier alpha value is -2.28. The Morgan fingerprint density at radius 2 is 2.00 bits per heavy atom. The van der Waals surface area contributed by atoms with E-state index < -0.39 is 0 Å². The summed E-state index contributed by atoms with van der Waals surface area (Å²) in [5.74, 6) is 1.96. The topological polar surface area (TPSA) is 53.1 Å². The Morgan fingerprint density at radius 3 is 2.69 bits per heavy atom. The predicted molar refractivity (Wildman–Crippen MR) is 104 cm³/mol. The molecule has 3 heterocycles. The highest BCUT2D eigenvalue weighted by Crippen LogP contribution is 2.39. The van der Waals surface area contributed by atoms with Crippen LogP contribution in [0.4, 0.5) is 0 Å². The molecule has 132 valence electrons. The predicted octanol–water partition coefficient (Wildman–Crippen LogP) is 5.88. The molecule has 8 heteroatoms. The Kier molecular flexibility index (Phi) is 4.48. The number of benzene rings is 1. The number of furan rings is 1. The van der Waals surface area contributed by atoms with Crippen LogP contribution in [0, 0.1) is 6.92 Å². The van der Waals surface area contributed by atoms with Gasteiger partial charge in [-0.1, -0.05) is 23.2 Å². The van der Waals surface area contributed by atoms with Crippen molar-refractivity contribution in [2.24, 2.45) is 0 Å². The molecule has 0 amide bonds. The van der Waals surface area contributed by atoms with E-state index in [9.17, 15) is 0 Å². The highest BCUT2D eigenvalue weighted by atomic mass is 35.5. The molecule has 0 bridgehead atoms. The van der Waals surface area contributed by atoms with E-state index in [1.54, 1.807) is 47.8 Å². The summed E-state index contributed by atoms with van der Waals surface area (Å²) < 4.78 is 12.4. The van der Waals surface area contributed by atoms with Crippen LogP contribution in [0.1, 0.15) is 4.88 Å². The molecule has 0 aliphatic heterocycles. The van der Waals surface area contributed by atoms with Gasteiger partial charge in [-0.3, -0.25) is 0 Å². The molecule has 4 rings (SSSR count). The molecule has 0 saturated heterocycles. The summed E-state index contributed by atoms with van der Waals surface area (Å²) in [6.07, 6.45) is 3.19. The van der Waals surface area contributed by atoms with Crippen molar-refractivity contribution >= 4 is 34.5 Å². The normalized spacial score (nSPS) is 11.1. The van der Waals surface area contributed by atoms with Crippen LogP contribution in [-0.2, 0) is 0 Å². The first-order valence-corrected chi connectivity index (χ1v) is 9.24. The molecular weight excluding hydrogens is 393 g/mol. The van der Waals surface area contributed by atoms with Crippen molar-refractivity contribution in [1.82, 2.24) is 14.8 Å². The maximum Gasteiger partial charge on any atom is 0.185 e. The Balaban J connectivity index is 1.95. The molecular formula is C18H13Cl2N3O2S. The molecule has 1 aromatic carbocycles. The summed E-state index contributed by atoms with van der Waals surface area (Å²) in [6, 6.07) is 9.13. The van der Waals surface area contributed by atoms with Crippen LogP contribution in [0.2, 0.25) is 10.0 Å². The number of aryl methyl sites for hydroxylation is 1. The van der Waals surface area contributed by atoms with Gasteiger partial charge in [-0.2, -0.15) is 0 Å². The van der Waals surface area contributed by atoms with Crippen molar-refractivity contribution in [1.29, 1.82) is 0 Å². The second-order valence-electron chi connectivity index (χ2n) is 5.54. The highest BCUT2D eigenvalue weighted by molar-refractivity contribution is 7.15. The molecule has 5 nitrogen and oxygen atoms in total. The SMILES string of the molecule is COc1cc(C)sc1-c1nc(-c2ccoc2)nn1-c1ccc(Cl)c(Cl)c1. The van der Waals surface area contributed by atoms with Gasteiger partial charge in [0, 0.05) is 4.88 Å². The van der Waals surface area contributed by atoms with Gasteiger partial charge < -0.3 is 9.15 Å². The zero-order valence-corrected chi connectivity index (χ0v) is 16.2. The van der Waals surface area contributed by atoms with Crippen LogP contribution in [-0.4, -0.2) is 21.9 Å². The molecule has 0 N–H and O–H groups in total. The average molecular weight is 406 g/mol. The lowest BCUT2D eigenvalue weighted by atomic mass is 10.3. The summed E-state index contributed by atoms with van der Waals surface area (Å²) in [5, 5.41) is 5.58. The van der Waals surface area contributed by atoms with Crippen molar-refractivity contribution in [2.75, 3.05) is 7.11 Å². The third-order valence-electron chi connectivity index (χ3n) is 3.78. The number of nitrogens with zero attached hydrogens (tertiary/aromatic N) is 3. The van der Waals surface area contributed by atoms with Crippen LogP contribution >= 0.6 is 34.5 Å². The molecule has 0 saturated carbocycles. The van der Waals surface area contributed by atoms with Crippen molar-refractivity contribution in [3.05, 3.63) is 57.8 Å². The second kappa shape index (κ2) is 6.79. The van der Waals surface area contributed by atoms with Gasteiger partial charge in [0.2, 0.25) is 0 Å². The smallest absolute Gasteiger partial charge is 0.185 e. The van der Waals surface area contributed by atoms with Gasteiger partial charge in [0.1, 0.15) is 16.9 Å². The maximum absolute atomic E-state index is 6.20. The van der Waals surface area contributed by atoms with Crippen LogP contribution in [0.15, 0.2) is 47.3 Å². The third kappa shape index (κ3) is 3.00. The van der Waals surface area contributed by atoms with E-state index in [1.165, 1.54) is 0 Å². The van der Waals surface area contributed by atoms with Gasteiger partial charge in [0.05, 0.1) is 34.7 Å². The fourth-order valence-electron chi connectivity index (χ4n) is 2.57. The van der Waals surface area contributed by atoms with Gasteiger partial charge in [-0.15, -0.1) is 16.4 Å². The number of halogens is 2. The van der Waals surface area contributed by atoms with Crippen molar-refractivity contribution in [3.63, 3.8) is 0 Å². The van der Waals surface area contributed by atoms with Crippen molar-refractivity contribution < 1.29 is 9.15 Å². The lowest BCUT2D eigenvalue weighted by molar-refractivity contribution is 0.417. The van der Waals surface area contributed by atoms with E-state index in [0.29, 0.717) is 21.7 Å². The number of hydrogen-bond acceptors (Lipinski definition) is 5. The lowest BCUT2D eigenvalue weighted by Crippen LogP contribution is -1.99. The van der Waals surface area contributed by atoms with Crippen LogP contribution in [0.5, 0.6) is 5.75 Å². The molecule has 0 aliphatic carbocycles. The van der Waals surface area contributed by atoms with E-state index in [-0.39, 0.29) is 0 Å². The summed E-state index contributed by atoms with van der Waals surface area (Å²) in [4.78, 5) is 6.72. The summed E-state index contributed by atoms with van der Waals surface area (Å²) in [6.45, 7) is 2.02. The van der Waals surface area contributed by atoms with E-state index in [4.69, 9.17) is 37.3 Å². The number of methoxy groups -OCH3 is 1. The third-order valence-corrected chi connectivity index (χ3v) is 5.55. The maximum atomic E-state index is 6.20. The minimum absolute atomic E-state index is 0.449. The lowest BCUT2D eigenvalue weighted by Gasteiger charge is -2.07. The summed E-state index contributed by atoms with van der Waals surface area (Å²) in [5.41, 5.74) is 1.54. The van der Waals surface area contributed by atoms with E-state index in [2.05, 4.69) is 5.10 Å². The van der Waals surface area contributed by atoms with Crippen LogP contribution in [0.25, 0.3) is 27.8 Å². The van der Waals surface area contributed by atoms with Gasteiger partial charge in [0.25, 0.3) is 0 Å². The van der Waals surface area contributed by atoms with Gasteiger partial charge >= 0.3 is 0 Å². The Labute approximate surface area is 163 Å². The number of ether oxygens (including phenoxy) is 1. The van der Waals surface area contributed by atoms with Gasteiger partial charge in [0.15, 0.2) is 11.6 Å². The summed E-state index contributed by atoms with van der Waals surface area (Å²) >= 11 is 13.8. The molecule has 0 radical (unpaired) electrons. The molecule has 0 spiro atoms. The van der Waals surface area contributed by atoms with E-state index in [0.717, 1.165) is 26.8 Å². The number of rotatable bonds is 4. The Morgan fingerprint density at radius 1 is 1.15 bits per heavy atom. The van der Waals surface area contributed by atoms with Crippen LogP contribution < -0.4 is 4.74 Å². The first kappa shape index (κ1) is 17.1. The number of hydrogen-bond donors (Lipinski definition) is 0. The minimum Gasteiger partial charge on any atom is -0.495 e. The first-order chi connectivity index (χ1) is 12.6. The quantitative estimate of drug-likeness (QED) is 0.425. The number of aromatic nitrogens is 3. The zero-order valence-electron chi connectivity index (χ0n) is 13.9. The molecule has 0 unspecified atom stereocenters. The zero-order chi connectivity index (χ0) is 18.3. The van der Waals surface area contributed by atoms with Gasteiger partial charge in [-0.25, -0.2) is 9.67 Å². The standard InChI is InChI=1S/C18H13Cl2N3O2S/c1-10-7-15(24-2)16(26-10)18-21-17(11-5-6-25-9-11)22-23(18)12-3-4-13(19)14(20)8-12/h3-9H,1-2H3. The van der Waals surface area contributed by atoms with Crippen molar-refractivity contribution in [3.8, 4) is 33.5 Å². The van der Waals surface area contributed by atoms with Crippen LogP contribution in [0.3, 0.4) is 0 Å². The van der Waals surface area contributed by atoms with E-state index in [1.807, 2.05) is 25.1 Å². The molecule has 0 aliphatic rings. The molecule has 3 aromatic heterocycles. The second-order valence-corrected chi connectivity index (χ2v) is 7.61. The Bertz CT molecular complexity index is 1070. The molecule has 26 heavy (non-hydrogen) atoms. The largest absolute Gasteiger partial charge is 0.495 e. The average Bonchev–Trinajstić information content (AvgIpc) is 3.35. The van der Waals surface area contributed by atoms with Crippen molar-refractivity contribution in [2.45, 2.75) is 6.92 Å². The highest BCUT2D eigenvalue weighted by Gasteiger charge is 2.21.